The summed E-state index contributed by atoms with van der Waals surface area (Å²) in [4.78, 5) is 59.5. The number of halogens is 3. The van der Waals surface area contributed by atoms with Gasteiger partial charge in [0, 0.05) is 55.5 Å². The number of nitrogens with one attached hydrogen (secondary N) is 4. The summed E-state index contributed by atoms with van der Waals surface area (Å²) in [6.07, 6.45) is -3.88. The Morgan fingerprint density at radius 1 is 0.977 bits per heavy atom. The zero-order valence-electron chi connectivity index (χ0n) is 23.8. The molecule has 0 saturated heterocycles. The predicted octanol–water partition coefficient (Wildman–Crippen LogP) is 2.27. The Labute approximate surface area is 246 Å². The molecule has 0 fully saturated rings. The van der Waals surface area contributed by atoms with Crippen LogP contribution in [0, 0.1) is 0 Å². The van der Waals surface area contributed by atoms with Crippen LogP contribution in [0.4, 0.5) is 13.2 Å². The van der Waals surface area contributed by atoms with Crippen LogP contribution in [-0.2, 0) is 32.0 Å². The summed E-state index contributed by atoms with van der Waals surface area (Å²) in [7, 11) is 1.94. The van der Waals surface area contributed by atoms with Gasteiger partial charge in [-0.1, -0.05) is 49.4 Å². The molecule has 4 N–H and O–H groups in total. The Kier molecular flexibility index (Phi) is 9.84. The SMILES string of the molecule is CCC(=O)NC(Cc1ccc(C2=NCCN2C)cc1)C(=O)NCC(=O)NC(Cc1c[nH]c2ccccc12)C(=O)C(F)(F)F. The topological polar surface area (TPSA) is 136 Å². The van der Waals surface area contributed by atoms with Gasteiger partial charge >= 0.3 is 6.18 Å². The van der Waals surface area contributed by atoms with E-state index in [-0.39, 0.29) is 12.8 Å². The molecular weight excluding hydrogens is 565 g/mol. The summed E-state index contributed by atoms with van der Waals surface area (Å²) >= 11 is 0. The first-order valence-electron chi connectivity index (χ1n) is 13.8. The van der Waals surface area contributed by atoms with Crippen LogP contribution in [0.1, 0.15) is 30.0 Å². The van der Waals surface area contributed by atoms with E-state index in [9.17, 15) is 32.3 Å². The molecule has 1 aromatic heterocycles. The van der Waals surface area contributed by atoms with Crippen molar-refractivity contribution in [2.24, 2.45) is 4.99 Å². The Bertz CT molecular complexity index is 1520. The number of aromatic amines is 1. The predicted molar refractivity (Wildman–Crippen MR) is 154 cm³/mol. The van der Waals surface area contributed by atoms with E-state index in [1.54, 1.807) is 31.2 Å². The molecule has 3 aromatic rings. The van der Waals surface area contributed by atoms with Crippen molar-refractivity contribution in [2.45, 2.75) is 44.4 Å². The molecule has 2 aromatic carbocycles. The van der Waals surface area contributed by atoms with Crippen LogP contribution < -0.4 is 16.0 Å². The number of carbonyl (C=O) groups excluding carboxylic acids is 4. The van der Waals surface area contributed by atoms with Crippen LogP contribution in [0.15, 0.2) is 59.7 Å². The zero-order chi connectivity index (χ0) is 31.1. The number of alkyl halides is 3. The van der Waals surface area contributed by atoms with Crippen molar-refractivity contribution in [2.75, 3.05) is 26.7 Å². The van der Waals surface area contributed by atoms with Crippen molar-refractivity contribution in [3.63, 3.8) is 0 Å². The second kappa shape index (κ2) is 13.5. The molecule has 0 spiro atoms. The molecule has 10 nitrogen and oxygen atoms in total. The first-order chi connectivity index (χ1) is 20.5. The maximum absolute atomic E-state index is 13.4. The molecule has 0 aliphatic carbocycles. The zero-order valence-corrected chi connectivity index (χ0v) is 23.8. The van der Waals surface area contributed by atoms with Crippen molar-refractivity contribution >= 4 is 40.2 Å². The first-order valence-corrected chi connectivity index (χ1v) is 13.8. The van der Waals surface area contributed by atoms with Gasteiger partial charge in [-0.05, 0) is 17.2 Å². The lowest BCUT2D eigenvalue weighted by molar-refractivity contribution is -0.173. The second-order valence-corrected chi connectivity index (χ2v) is 10.3. The van der Waals surface area contributed by atoms with Gasteiger partial charge in [0.2, 0.25) is 17.7 Å². The largest absolute Gasteiger partial charge is 0.452 e. The van der Waals surface area contributed by atoms with E-state index in [0.717, 1.165) is 23.5 Å². The molecule has 4 rings (SSSR count). The van der Waals surface area contributed by atoms with Crippen LogP contribution in [-0.4, -0.2) is 84.2 Å². The Hall–Kier alpha value is -4.68. The Balaban J connectivity index is 1.41. The fourth-order valence-corrected chi connectivity index (χ4v) is 4.84. The van der Waals surface area contributed by atoms with Crippen molar-refractivity contribution in [3.05, 3.63) is 71.4 Å². The number of fused-ring (bicyclic) bond motifs is 1. The van der Waals surface area contributed by atoms with Gasteiger partial charge in [0.1, 0.15) is 17.9 Å². The van der Waals surface area contributed by atoms with Crippen LogP contribution in [0.25, 0.3) is 10.9 Å². The number of aliphatic imine (C=N–C) groups is 1. The van der Waals surface area contributed by atoms with Gasteiger partial charge in [-0.15, -0.1) is 0 Å². The van der Waals surface area contributed by atoms with E-state index in [4.69, 9.17) is 0 Å². The highest BCUT2D eigenvalue weighted by Crippen LogP contribution is 2.23. The average molecular weight is 599 g/mol. The van der Waals surface area contributed by atoms with Gasteiger partial charge < -0.3 is 25.8 Å². The standard InChI is InChI=1S/C30H33F3N6O4/c1-3-25(40)38-24(14-18-8-10-19(11-9-18)28-34-12-13-39(28)2)29(43)36-17-26(41)37-23(27(42)30(31,32)33)15-20-16-35-22-7-5-4-6-21(20)22/h4-11,16,23-24,35H,3,12-15,17H2,1-2H3,(H,36,43)(H,37,41)(H,38,40). The summed E-state index contributed by atoms with van der Waals surface area (Å²) in [6.45, 7) is 2.46. The van der Waals surface area contributed by atoms with Crippen molar-refractivity contribution in [3.8, 4) is 0 Å². The average Bonchev–Trinajstić information content (AvgIpc) is 3.60. The Morgan fingerprint density at radius 2 is 1.67 bits per heavy atom. The molecule has 3 amide bonds. The number of likely N-dealkylation sites (N-methyl/N-ethyl adjacent to an activating group) is 1. The summed E-state index contributed by atoms with van der Waals surface area (Å²) in [5.74, 6) is -3.32. The van der Waals surface area contributed by atoms with Crippen LogP contribution in [0.2, 0.25) is 0 Å². The van der Waals surface area contributed by atoms with Gasteiger partial charge in [0.05, 0.1) is 13.1 Å². The minimum atomic E-state index is -5.18. The highest BCUT2D eigenvalue weighted by atomic mass is 19.4. The number of ketones is 1. The number of para-hydroxylation sites is 1. The number of aromatic nitrogens is 1. The third-order valence-electron chi connectivity index (χ3n) is 7.14. The summed E-state index contributed by atoms with van der Waals surface area (Å²) in [5.41, 5.74) is 2.74. The summed E-state index contributed by atoms with van der Waals surface area (Å²) in [6, 6.07) is 11.3. The van der Waals surface area contributed by atoms with E-state index >= 15 is 0 Å². The van der Waals surface area contributed by atoms with Crippen LogP contribution in [0.3, 0.4) is 0 Å². The number of rotatable bonds is 12. The summed E-state index contributed by atoms with van der Waals surface area (Å²) < 4.78 is 40.1. The molecule has 228 valence electrons. The third kappa shape index (κ3) is 7.99. The van der Waals surface area contributed by atoms with Crippen molar-refractivity contribution < 1.29 is 32.3 Å². The minimum absolute atomic E-state index is 0.109. The maximum Gasteiger partial charge on any atom is 0.452 e. The number of nitrogens with zero attached hydrogens (tertiary/aromatic N) is 2. The Morgan fingerprint density at radius 3 is 2.33 bits per heavy atom. The van der Waals surface area contributed by atoms with E-state index in [1.807, 2.05) is 36.2 Å². The van der Waals surface area contributed by atoms with E-state index < -0.39 is 54.7 Å². The number of amidine groups is 1. The number of hydrogen-bond acceptors (Lipinski definition) is 6. The number of benzene rings is 2. The van der Waals surface area contributed by atoms with E-state index in [2.05, 4.69) is 25.9 Å². The highest BCUT2D eigenvalue weighted by molar-refractivity contribution is 5.99. The lowest BCUT2D eigenvalue weighted by atomic mass is 10.0. The number of carbonyl (C=O) groups is 4. The monoisotopic (exact) mass is 598 g/mol. The minimum Gasteiger partial charge on any atom is -0.361 e. The molecule has 0 saturated carbocycles. The van der Waals surface area contributed by atoms with Gasteiger partial charge in [-0.25, -0.2) is 0 Å². The fourth-order valence-electron chi connectivity index (χ4n) is 4.84. The number of hydrogen-bond donors (Lipinski definition) is 4. The van der Waals surface area contributed by atoms with Crippen molar-refractivity contribution in [1.82, 2.24) is 25.8 Å². The number of amides is 3. The third-order valence-corrected chi connectivity index (χ3v) is 7.14. The molecular formula is C30H33F3N6O4. The normalized spacial score (nSPS) is 14.6. The lowest BCUT2D eigenvalue weighted by Gasteiger charge is -2.21. The molecule has 2 atom stereocenters. The molecule has 43 heavy (non-hydrogen) atoms. The molecule has 0 radical (unpaired) electrons. The highest BCUT2D eigenvalue weighted by Gasteiger charge is 2.44. The van der Waals surface area contributed by atoms with Crippen molar-refractivity contribution in [1.29, 1.82) is 0 Å². The lowest BCUT2D eigenvalue weighted by Crippen LogP contribution is -2.53. The van der Waals surface area contributed by atoms with Gasteiger partial charge in [0.25, 0.3) is 5.78 Å². The molecule has 2 unspecified atom stereocenters. The van der Waals surface area contributed by atoms with Gasteiger partial charge in [-0.2, -0.15) is 13.2 Å². The van der Waals surface area contributed by atoms with E-state index in [0.29, 0.717) is 23.0 Å². The fraction of sp³-hybridized carbons (Fsp3) is 0.367. The smallest absolute Gasteiger partial charge is 0.361 e. The molecule has 1 aliphatic rings. The molecule has 13 heteroatoms. The summed E-state index contributed by atoms with van der Waals surface area (Å²) in [5, 5.41) is 7.74. The molecule has 2 heterocycles. The molecule has 0 bridgehead atoms. The molecule has 1 aliphatic heterocycles. The van der Waals surface area contributed by atoms with Gasteiger partial charge in [0.15, 0.2) is 0 Å². The first kappa shape index (κ1) is 31.3. The van der Waals surface area contributed by atoms with Crippen LogP contribution >= 0.6 is 0 Å². The quantitative estimate of drug-likeness (QED) is 0.254. The van der Waals surface area contributed by atoms with Gasteiger partial charge in [-0.3, -0.25) is 24.2 Å². The number of H-pyrrole nitrogens is 1. The second-order valence-electron chi connectivity index (χ2n) is 10.3. The van der Waals surface area contributed by atoms with E-state index in [1.165, 1.54) is 6.20 Å². The van der Waals surface area contributed by atoms with Crippen LogP contribution in [0.5, 0.6) is 0 Å². The number of Topliss-reactive ketones (excluding diaryl/α,β-unsaturated/α-hetero) is 1. The maximum atomic E-state index is 13.4.